The third kappa shape index (κ3) is 3.62. The standard InChI is InChI=1S/C17H18N2O4/c18-17(11-20,16(22)19-23)15(21)10-12-6-8-14(9-7-12)13-4-2-1-3-5-13/h1-9,20,23H,10-11,18H2,(H,19,22)/t17-/m1/s1. The van der Waals surface area contributed by atoms with Gasteiger partial charge in [-0.25, -0.2) is 5.48 Å². The molecule has 6 heteroatoms. The third-order valence-corrected chi connectivity index (χ3v) is 3.68. The third-order valence-electron chi connectivity index (χ3n) is 3.68. The van der Waals surface area contributed by atoms with Crippen LogP contribution < -0.4 is 11.2 Å². The number of nitrogens with one attached hydrogen (secondary N) is 1. The summed E-state index contributed by atoms with van der Waals surface area (Å²) in [6, 6.07) is 17.0. The fraction of sp³-hybridized carbons (Fsp3) is 0.176. The molecule has 2 aromatic rings. The van der Waals surface area contributed by atoms with Gasteiger partial charge in [0.1, 0.15) is 0 Å². The van der Waals surface area contributed by atoms with E-state index in [-0.39, 0.29) is 6.42 Å². The van der Waals surface area contributed by atoms with Crippen LogP contribution in [0.2, 0.25) is 0 Å². The first-order chi connectivity index (χ1) is 11.0. The van der Waals surface area contributed by atoms with Gasteiger partial charge in [0.05, 0.1) is 6.61 Å². The predicted molar refractivity (Wildman–Crippen MR) is 84.5 cm³/mol. The van der Waals surface area contributed by atoms with Crippen molar-refractivity contribution in [1.82, 2.24) is 5.48 Å². The average Bonchev–Trinajstić information content (AvgIpc) is 2.61. The molecule has 1 amide bonds. The minimum Gasteiger partial charge on any atom is -0.393 e. The number of aliphatic hydroxyl groups excluding tert-OH is 1. The SMILES string of the molecule is N[C@](CO)(C(=O)Cc1ccc(-c2ccccc2)cc1)C(=O)NO. The van der Waals surface area contributed by atoms with Crippen LogP contribution >= 0.6 is 0 Å². The molecule has 6 nitrogen and oxygen atoms in total. The van der Waals surface area contributed by atoms with Crippen LogP contribution in [0.4, 0.5) is 0 Å². The smallest absolute Gasteiger partial charge is 0.273 e. The van der Waals surface area contributed by atoms with Gasteiger partial charge < -0.3 is 10.8 Å². The highest BCUT2D eigenvalue weighted by Crippen LogP contribution is 2.20. The van der Waals surface area contributed by atoms with E-state index in [0.717, 1.165) is 11.1 Å². The van der Waals surface area contributed by atoms with Gasteiger partial charge in [-0.2, -0.15) is 0 Å². The van der Waals surface area contributed by atoms with E-state index in [2.05, 4.69) is 0 Å². The molecular weight excluding hydrogens is 296 g/mol. The lowest BCUT2D eigenvalue weighted by atomic mass is 9.90. The Bertz CT molecular complexity index is 685. The zero-order valence-corrected chi connectivity index (χ0v) is 12.4. The van der Waals surface area contributed by atoms with E-state index in [4.69, 9.17) is 10.9 Å². The number of ketones is 1. The van der Waals surface area contributed by atoms with Gasteiger partial charge in [-0.15, -0.1) is 0 Å². The molecule has 2 rings (SSSR count). The number of aliphatic hydroxyl groups is 1. The van der Waals surface area contributed by atoms with Gasteiger partial charge in [-0.1, -0.05) is 54.6 Å². The van der Waals surface area contributed by atoms with E-state index in [0.29, 0.717) is 5.56 Å². The molecule has 2 aromatic carbocycles. The van der Waals surface area contributed by atoms with Crippen molar-refractivity contribution in [2.75, 3.05) is 6.61 Å². The minimum atomic E-state index is -2.16. The first-order valence-corrected chi connectivity index (χ1v) is 7.03. The van der Waals surface area contributed by atoms with Crippen LogP contribution in [0.5, 0.6) is 0 Å². The lowest BCUT2D eigenvalue weighted by Gasteiger charge is -2.22. The summed E-state index contributed by atoms with van der Waals surface area (Å²) in [5.41, 5.74) is 7.44. The molecule has 0 saturated heterocycles. The largest absolute Gasteiger partial charge is 0.393 e. The van der Waals surface area contributed by atoms with Crippen molar-refractivity contribution in [2.24, 2.45) is 5.73 Å². The predicted octanol–water partition coefficient (Wildman–Crippen LogP) is 0.660. The molecule has 0 aliphatic heterocycles. The number of amides is 1. The van der Waals surface area contributed by atoms with Crippen molar-refractivity contribution < 1.29 is 19.9 Å². The van der Waals surface area contributed by atoms with Crippen molar-refractivity contribution in [3.8, 4) is 11.1 Å². The zero-order chi connectivity index (χ0) is 16.9. The van der Waals surface area contributed by atoms with E-state index >= 15 is 0 Å². The number of carbonyl (C=O) groups excluding carboxylic acids is 2. The van der Waals surface area contributed by atoms with Gasteiger partial charge in [0, 0.05) is 6.42 Å². The van der Waals surface area contributed by atoms with Crippen molar-refractivity contribution in [2.45, 2.75) is 12.0 Å². The molecule has 0 aliphatic carbocycles. The van der Waals surface area contributed by atoms with Crippen molar-refractivity contribution in [3.63, 3.8) is 0 Å². The van der Waals surface area contributed by atoms with Crippen molar-refractivity contribution in [1.29, 1.82) is 0 Å². The lowest BCUT2D eigenvalue weighted by Crippen LogP contribution is -2.62. The molecule has 0 heterocycles. The van der Waals surface area contributed by atoms with Crippen LogP contribution in [0.15, 0.2) is 54.6 Å². The zero-order valence-electron chi connectivity index (χ0n) is 12.4. The molecule has 0 unspecified atom stereocenters. The summed E-state index contributed by atoms with van der Waals surface area (Å²) >= 11 is 0. The van der Waals surface area contributed by atoms with Crippen LogP contribution in [0.1, 0.15) is 5.56 Å². The molecule has 0 bridgehead atoms. The molecule has 120 valence electrons. The molecule has 0 radical (unpaired) electrons. The second-order valence-electron chi connectivity index (χ2n) is 5.23. The van der Waals surface area contributed by atoms with Crippen molar-refractivity contribution in [3.05, 3.63) is 60.2 Å². The number of hydrogen-bond donors (Lipinski definition) is 4. The maximum absolute atomic E-state index is 12.2. The van der Waals surface area contributed by atoms with E-state index in [9.17, 15) is 14.7 Å². The van der Waals surface area contributed by atoms with Gasteiger partial charge in [-0.05, 0) is 16.7 Å². The Kier molecular flexibility index (Phi) is 5.23. The van der Waals surface area contributed by atoms with Gasteiger partial charge in [0.25, 0.3) is 5.91 Å². The van der Waals surface area contributed by atoms with E-state index < -0.39 is 23.8 Å². The number of Topliss-reactive ketones (excluding diaryl/α,β-unsaturated/α-hetero) is 1. The Labute approximate surface area is 133 Å². The fourth-order valence-corrected chi connectivity index (χ4v) is 2.18. The summed E-state index contributed by atoms with van der Waals surface area (Å²) in [6.45, 7) is -0.889. The highest BCUT2D eigenvalue weighted by Gasteiger charge is 2.40. The molecular formula is C17H18N2O4. The molecule has 23 heavy (non-hydrogen) atoms. The lowest BCUT2D eigenvalue weighted by molar-refractivity contribution is -0.143. The van der Waals surface area contributed by atoms with E-state index in [1.54, 1.807) is 12.1 Å². The molecule has 0 fully saturated rings. The van der Waals surface area contributed by atoms with Crippen LogP contribution in [-0.2, 0) is 16.0 Å². The minimum absolute atomic E-state index is 0.125. The molecule has 0 aromatic heterocycles. The highest BCUT2D eigenvalue weighted by molar-refractivity contribution is 6.10. The number of carbonyl (C=O) groups is 2. The number of nitrogens with two attached hydrogens (primary N) is 1. The molecule has 1 atom stereocenters. The van der Waals surface area contributed by atoms with E-state index in [1.807, 2.05) is 42.5 Å². The van der Waals surface area contributed by atoms with Gasteiger partial charge in [0.2, 0.25) is 0 Å². The van der Waals surface area contributed by atoms with Gasteiger partial charge in [-0.3, -0.25) is 14.8 Å². The maximum atomic E-state index is 12.2. The summed E-state index contributed by atoms with van der Waals surface area (Å²) in [5, 5.41) is 17.8. The second-order valence-corrected chi connectivity index (χ2v) is 5.23. The topological polar surface area (TPSA) is 113 Å². The Morgan fingerprint density at radius 1 is 1.00 bits per heavy atom. The summed E-state index contributed by atoms with van der Waals surface area (Å²) in [4.78, 5) is 23.6. The highest BCUT2D eigenvalue weighted by atomic mass is 16.5. The summed E-state index contributed by atoms with van der Waals surface area (Å²) < 4.78 is 0. The molecule has 0 aliphatic rings. The Balaban J connectivity index is 2.15. The average molecular weight is 314 g/mol. The van der Waals surface area contributed by atoms with Crippen LogP contribution in [0.3, 0.4) is 0 Å². The Morgan fingerprint density at radius 3 is 2.09 bits per heavy atom. The van der Waals surface area contributed by atoms with Crippen molar-refractivity contribution >= 4 is 11.7 Å². The van der Waals surface area contributed by atoms with Gasteiger partial charge in [0.15, 0.2) is 11.3 Å². The van der Waals surface area contributed by atoms with Crippen LogP contribution in [-0.4, -0.2) is 34.2 Å². The first-order valence-electron chi connectivity index (χ1n) is 7.03. The first kappa shape index (κ1) is 16.8. The fourth-order valence-electron chi connectivity index (χ4n) is 2.18. The second kappa shape index (κ2) is 7.15. The summed E-state index contributed by atoms with van der Waals surface area (Å²) in [5.74, 6) is -1.81. The quantitative estimate of drug-likeness (QED) is 0.355. The monoisotopic (exact) mass is 314 g/mol. The Morgan fingerprint density at radius 2 is 1.57 bits per heavy atom. The number of benzene rings is 2. The van der Waals surface area contributed by atoms with E-state index in [1.165, 1.54) is 5.48 Å². The van der Waals surface area contributed by atoms with Crippen LogP contribution in [0, 0.1) is 0 Å². The maximum Gasteiger partial charge on any atom is 0.273 e. The summed E-state index contributed by atoms with van der Waals surface area (Å²) in [6.07, 6.45) is -0.125. The molecule has 0 saturated carbocycles. The Hall–Kier alpha value is -2.54. The number of rotatable bonds is 6. The molecule has 5 N–H and O–H groups in total. The number of hydroxylamine groups is 1. The van der Waals surface area contributed by atoms with Crippen LogP contribution in [0.25, 0.3) is 11.1 Å². The molecule has 0 spiro atoms. The number of hydrogen-bond acceptors (Lipinski definition) is 5. The summed E-state index contributed by atoms with van der Waals surface area (Å²) in [7, 11) is 0. The normalized spacial score (nSPS) is 13.2. The van der Waals surface area contributed by atoms with Gasteiger partial charge >= 0.3 is 0 Å².